The van der Waals surface area contributed by atoms with Crippen LogP contribution in [-0.4, -0.2) is 24.3 Å². The lowest BCUT2D eigenvalue weighted by Crippen LogP contribution is -2.28. The molecule has 0 fully saturated rings. The lowest BCUT2D eigenvalue weighted by Gasteiger charge is -2.25. The van der Waals surface area contributed by atoms with Gasteiger partial charge >= 0.3 is 0 Å². The third kappa shape index (κ3) is 4.84. The second-order valence-electron chi connectivity index (χ2n) is 7.79. The van der Waals surface area contributed by atoms with E-state index in [9.17, 15) is 18.7 Å². The summed E-state index contributed by atoms with van der Waals surface area (Å²) in [6.45, 7) is 6.66. The molecule has 0 spiro atoms. The highest BCUT2D eigenvalue weighted by atomic mass is 19.1. The van der Waals surface area contributed by atoms with E-state index in [4.69, 9.17) is 5.73 Å². The summed E-state index contributed by atoms with van der Waals surface area (Å²) in [7, 11) is 1.57. The van der Waals surface area contributed by atoms with Gasteiger partial charge in [-0.1, -0.05) is 32.9 Å². The number of amides is 1. The maximum atomic E-state index is 14.7. The van der Waals surface area contributed by atoms with Crippen molar-refractivity contribution in [3.8, 4) is 11.1 Å². The molecule has 2 aromatic carbocycles. The number of nitrogen functional groups attached to an aromatic ring is 1. The predicted octanol–water partition coefficient (Wildman–Crippen LogP) is 4.15. The number of nitrogens with two attached hydrogens (primary N) is 1. The van der Waals surface area contributed by atoms with Crippen LogP contribution in [0.1, 0.15) is 50.8 Å². The summed E-state index contributed by atoms with van der Waals surface area (Å²) in [4.78, 5) is 15.7. The number of aliphatic hydroxyl groups is 1. The second-order valence-corrected chi connectivity index (χ2v) is 7.79. The van der Waals surface area contributed by atoms with Crippen molar-refractivity contribution in [2.75, 3.05) is 12.8 Å². The molecule has 0 aromatic heterocycles. The van der Waals surface area contributed by atoms with Crippen molar-refractivity contribution in [2.45, 2.75) is 46.3 Å². The fourth-order valence-electron chi connectivity index (χ4n) is 3.12. The minimum atomic E-state index is -1.14. The zero-order valence-electron chi connectivity index (χ0n) is 18.0. The Morgan fingerprint density at radius 3 is 2.40 bits per heavy atom. The number of rotatable bonds is 7. The number of carbonyl (C=O) groups excluding carboxylic acids is 1. The summed E-state index contributed by atoms with van der Waals surface area (Å²) < 4.78 is 29.4. The summed E-state index contributed by atoms with van der Waals surface area (Å²) in [5.41, 5.74) is 7.02. The Bertz CT molecular complexity index is 946. The van der Waals surface area contributed by atoms with E-state index in [0.717, 1.165) is 0 Å². The first-order valence-corrected chi connectivity index (χ1v) is 9.86. The Labute approximate surface area is 176 Å². The Hall–Kier alpha value is -2.80. The van der Waals surface area contributed by atoms with E-state index in [-0.39, 0.29) is 29.5 Å². The first-order chi connectivity index (χ1) is 14.0. The molecule has 30 heavy (non-hydrogen) atoms. The van der Waals surface area contributed by atoms with Crippen LogP contribution >= 0.6 is 0 Å². The van der Waals surface area contributed by atoms with Gasteiger partial charge in [-0.15, -0.1) is 0 Å². The fraction of sp³-hybridized carbons (Fsp3) is 0.391. The van der Waals surface area contributed by atoms with Gasteiger partial charge in [0.2, 0.25) is 5.91 Å². The van der Waals surface area contributed by atoms with Crippen LogP contribution in [0, 0.1) is 17.6 Å². The summed E-state index contributed by atoms with van der Waals surface area (Å²) >= 11 is 0. The molecule has 0 aliphatic heterocycles. The van der Waals surface area contributed by atoms with Crippen molar-refractivity contribution in [1.29, 1.82) is 0 Å². The molecule has 1 atom stereocenters. The van der Waals surface area contributed by atoms with Gasteiger partial charge < -0.3 is 16.2 Å². The van der Waals surface area contributed by atoms with E-state index in [2.05, 4.69) is 10.3 Å². The third-order valence-electron chi connectivity index (χ3n) is 5.23. The predicted molar refractivity (Wildman–Crippen MR) is 116 cm³/mol. The van der Waals surface area contributed by atoms with Crippen molar-refractivity contribution in [1.82, 2.24) is 5.32 Å². The van der Waals surface area contributed by atoms with Crippen LogP contribution in [0.3, 0.4) is 0 Å². The normalized spacial score (nSPS) is 13.6. The van der Waals surface area contributed by atoms with Gasteiger partial charge in [0.25, 0.3) is 0 Å². The van der Waals surface area contributed by atoms with E-state index in [0.29, 0.717) is 28.8 Å². The standard InChI is InChI=1S/C23H29F2N3O2/c1-6-23(4,30)18-8-7-15(16(11-27-5)21(18)26)14-9-19(24)17(20(25)10-14)12-28-22(29)13(2)3/h7-11,13,30H,6,12,26H2,1-5H3,(H,28,29)/t23-/m1/s1. The van der Waals surface area contributed by atoms with Crippen molar-refractivity contribution in [3.05, 3.63) is 52.6 Å². The number of benzene rings is 2. The molecule has 0 aliphatic rings. The Balaban J connectivity index is 2.54. The monoisotopic (exact) mass is 417 g/mol. The SMILES string of the molecule is CC[C@@](C)(O)c1ccc(-c2cc(F)c(CNC(=O)C(C)C)c(F)c2)c(C=NC)c1N. The average Bonchev–Trinajstić information content (AvgIpc) is 2.68. The Morgan fingerprint density at radius 2 is 1.90 bits per heavy atom. The van der Waals surface area contributed by atoms with Crippen LogP contribution in [0.4, 0.5) is 14.5 Å². The largest absolute Gasteiger partial charge is 0.398 e. The van der Waals surface area contributed by atoms with Crippen LogP contribution in [-0.2, 0) is 16.9 Å². The minimum absolute atomic E-state index is 0.211. The van der Waals surface area contributed by atoms with Gasteiger partial charge in [0.05, 0.1) is 5.60 Å². The van der Waals surface area contributed by atoms with E-state index in [1.54, 1.807) is 40.0 Å². The van der Waals surface area contributed by atoms with E-state index in [1.807, 2.05) is 6.92 Å². The molecular formula is C23H29F2N3O2. The van der Waals surface area contributed by atoms with Gasteiger partial charge in [-0.25, -0.2) is 8.78 Å². The smallest absolute Gasteiger partial charge is 0.222 e. The fourth-order valence-corrected chi connectivity index (χ4v) is 3.12. The lowest BCUT2D eigenvalue weighted by atomic mass is 9.87. The first-order valence-electron chi connectivity index (χ1n) is 9.86. The highest BCUT2D eigenvalue weighted by Crippen LogP contribution is 2.36. The summed E-state index contributed by atoms with van der Waals surface area (Å²) in [6, 6.07) is 5.74. The number of anilines is 1. The van der Waals surface area contributed by atoms with E-state index in [1.165, 1.54) is 18.3 Å². The molecule has 2 aromatic rings. The lowest BCUT2D eigenvalue weighted by molar-refractivity contribution is -0.124. The van der Waals surface area contributed by atoms with Crippen molar-refractivity contribution in [2.24, 2.45) is 10.9 Å². The molecule has 0 bridgehead atoms. The molecule has 0 heterocycles. The van der Waals surface area contributed by atoms with Crippen LogP contribution in [0.2, 0.25) is 0 Å². The van der Waals surface area contributed by atoms with Crippen molar-refractivity contribution < 1.29 is 18.7 Å². The van der Waals surface area contributed by atoms with E-state index < -0.39 is 17.2 Å². The van der Waals surface area contributed by atoms with Crippen LogP contribution < -0.4 is 11.1 Å². The number of carbonyl (C=O) groups is 1. The zero-order chi connectivity index (χ0) is 22.6. The minimum Gasteiger partial charge on any atom is -0.398 e. The summed E-state index contributed by atoms with van der Waals surface area (Å²) in [5, 5.41) is 13.1. The molecule has 2 rings (SSSR count). The molecule has 162 valence electrons. The molecule has 7 heteroatoms. The third-order valence-corrected chi connectivity index (χ3v) is 5.23. The van der Waals surface area contributed by atoms with Crippen LogP contribution in [0.5, 0.6) is 0 Å². The van der Waals surface area contributed by atoms with Gasteiger partial charge in [-0.2, -0.15) is 0 Å². The molecule has 0 unspecified atom stereocenters. The molecule has 1 amide bonds. The number of nitrogens with one attached hydrogen (secondary N) is 1. The van der Waals surface area contributed by atoms with Crippen LogP contribution in [0.15, 0.2) is 29.3 Å². The van der Waals surface area contributed by atoms with Gasteiger partial charge in [0, 0.05) is 48.1 Å². The molecule has 0 saturated heterocycles. The van der Waals surface area contributed by atoms with Gasteiger partial charge in [-0.3, -0.25) is 9.79 Å². The van der Waals surface area contributed by atoms with Gasteiger partial charge in [0.15, 0.2) is 0 Å². The maximum Gasteiger partial charge on any atom is 0.222 e. The van der Waals surface area contributed by atoms with E-state index >= 15 is 0 Å². The molecule has 0 saturated carbocycles. The van der Waals surface area contributed by atoms with Crippen molar-refractivity contribution >= 4 is 17.8 Å². The molecular weight excluding hydrogens is 388 g/mol. The second kappa shape index (κ2) is 9.34. The number of aliphatic imine (C=N–C) groups is 1. The number of hydrogen-bond acceptors (Lipinski definition) is 4. The molecule has 0 radical (unpaired) electrons. The molecule has 5 nitrogen and oxygen atoms in total. The number of nitrogens with zero attached hydrogens (tertiary/aromatic N) is 1. The summed E-state index contributed by atoms with van der Waals surface area (Å²) in [6.07, 6.45) is 1.95. The molecule has 0 aliphatic carbocycles. The molecule has 4 N–H and O–H groups in total. The zero-order valence-corrected chi connectivity index (χ0v) is 18.0. The quantitative estimate of drug-likeness (QED) is 0.467. The average molecular weight is 418 g/mol. The van der Waals surface area contributed by atoms with Crippen molar-refractivity contribution in [3.63, 3.8) is 0 Å². The maximum absolute atomic E-state index is 14.7. The highest BCUT2D eigenvalue weighted by Gasteiger charge is 2.26. The van der Waals surface area contributed by atoms with Gasteiger partial charge in [0.1, 0.15) is 11.6 Å². The topological polar surface area (TPSA) is 87.7 Å². The Morgan fingerprint density at radius 1 is 1.30 bits per heavy atom. The Kier molecular flexibility index (Phi) is 7.31. The van der Waals surface area contributed by atoms with Gasteiger partial charge in [-0.05, 0) is 36.6 Å². The first kappa shape index (κ1) is 23.5. The van der Waals surface area contributed by atoms with Crippen LogP contribution in [0.25, 0.3) is 11.1 Å². The summed E-state index contributed by atoms with van der Waals surface area (Å²) in [5.74, 6) is -2.10. The number of halogens is 2. The number of hydrogen-bond donors (Lipinski definition) is 3. The highest BCUT2D eigenvalue weighted by molar-refractivity contribution is 5.97.